The van der Waals surface area contributed by atoms with E-state index >= 15 is 0 Å². The third kappa shape index (κ3) is 3.23. The molecular weight excluding hydrogens is 346 g/mol. The average molecular weight is 356 g/mol. The van der Waals surface area contributed by atoms with Gasteiger partial charge in [-0.2, -0.15) is 0 Å². The maximum absolute atomic E-state index is 12.3. The van der Waals surface area contributed by atoms with Crippen LogP contribution in [-0.2, 0) is 15.6 Å². The molecule has 0 aliphatic heterocycles. The Labute approximate surface area is 124 Å². The van der Waals surface area contributed by atoms with Crippen LogP contribution in [0.15, 0.2) is 57.9 Å². The molecule has 104 valence electrons. The molecule has 2 rings (SSSR count). The van der Waals surface area contributed by atoms with E-state index in [1.165, 1.54) is 24.3 Å². The van der Waals surface area contributed by atoms with E-state index in [1.807, 2.05) is 0 Å². The van der Waals surface area contributed by atoms with Crippen molar-refractivity contribution in [2.75, 3.05) is 0 Å². The normalized spacial score (nSPS) is 11.2. The minimum atomic E-state index is -3.76. The second-order valence-corrected chi connectivity index (χ2v) is 6.98. The van der Waals surface area contributed by atoms with Crippen molar-refractivity contribution >= 4 is 31.5 Å². The van der Waals surface area contributed by atoms with Crippen LogP contribution >= 0.6 is 15.9 Å². The summed E-state index contributed by atoms with van der Waals surface area (Å²) in [4.78, 5) is 9.96. The smallest absolute Gasteiger partial charge is 0.258 e. The lowest BCUT2D eigenvalue weighted by molar-refractivity contribution is -0.387. The van der Waals surface area contributed by atoms with Gasteiger partial charge in [-0.3, -0.25) is 10.1 Å². The Hall–Kier alpha value is -1.73. The zero-order valence-electron chi connectivity index (χ0n) is 10.2. The maximum Gasteiger partial charge on any atom is 0.287 e. The second kappa shape index (κ2) is 5.72. The van der Waals surface area contributed by atoms with Gasteiger partial charge in [-0.05, 0) is 23.8 Å². The van der Waals surface area contributed by atoms with Gasteiger partial charge in [0, 0.05) is 10.5 Å². The fraction of sp³-hybridized carbons (Fsp3) is 0.0769. The second-order valence-electron chi connectivity index (χ2n) is 4.11. The number of para-hydroxylation sites is 1. The summed E-state index contributed by atoms with van der Waals surface area (Å²) in [7, 11) is -3.76. The summed E-state index contributed by atoms with van der Waals surface area (Å²) in [5, 5.41) is 10.9. The molecule has 0 aliphatic rings. The first kappa shape index (κ1) is 14.7. The van der Waals surface area contributed by atoms with Gasteiger partial charge in [-0.15, -0.1) is 0 Å². The predicted octanol–water partition coefficient (Wildman–Crippen LogP) is 3.33. The highest BCUT2D eigenvalue weighted by Gasteiger charge is 2.25. The number of rotatable bonds is 4. The van der Waals surface area contributed by atoms with Crippen molar-refractivity contribution in [3.05, 3.63) is 68.7 Å². The van der Waals surface area contributed by atoms with Crippen molar-refractivity contribution in [3.63, 3.8) is 0 Å². The first-order valence-electron chi connectivity index (χ1n) is 5.61. The van der Waals surface area contributed by atoms with Crippen LogP contribution in [0.2, 0.25) is 0 Å². The largest absolute Gasteiger partial charge is 0.287 e. The first-order chi connectivity index (χ1) is 9.40. The molecule has 7 heteroatoms. The van der Waals surface area contributed by atoms with E-state index < -0.39 is 20.4 Å². The maximum atomic E-state index is 12.3. The van der Waals surface area contributed by atoms with Crippen LogP contribution in [-0.4, -0.2) is 13.3 Å². The van der Waals surface area contributed by atoms with Crippen molar-refractivity contribution in [1.29, 1.82) is 0 Å². The fourth-order valence-electron chi connectivity index (χ4n) is 1.75. The topological polar surface area (TPSA) is 77.3 Å². The van der Waals surface area contributed by atoms with E-state index in [-0.39, 0.29) is 10.6 Å². The minimum Gasteiger partial charge on any atom is -0.258 e. The van der Waals surface area contributed by atoms with Crippen LogP contribution in [0, 0.1) is 10.1 Å². The van der Waals surface area contributed by atoms with Gasteiger partial charge < -0.3 is 0 Å². The molecule has 2 aromatic carbocycles. The molecule has 5 nitrogen and oxygen atoms in total. The molecule has 0 fully saturated rings. The monoisotopic (exact) mass is 355 g/mol. The van der Waals surface area contributed by atoms with Crippen molar-refractivity contribution in [1.82, 2.24) is 0 Å². The highest BCUT2D eigenvalue weighted by Crippen LogP contribution is 2.26. The lowest BCUT2D eigenvalue weighted by Crippen LogP contribution is -2.07. The molecular formula is C13H10BrNO4S. The highest BCUT2D eigenvalue weighted by molar-refractivity contribution is 9.10. The standard InChI is InChI=1S/C13H10BrNO4S/c14-11-7-5-10(6-8-11)9-20(18,19)13-4-2-1-3-12(13)15(16)17/h1-8H,9H2. The number of halogens is 1. The predicted molar refractivity (Wildman–Crippen MR) is 78.1 cm³/mol. The van der Waals surface area contributed by atoms with Gasteiger partial charge in [0.2, 0.25) is 0 Å². The van der Waals surface area contributed by atoms with E-state index in [4.69, 9.17) is 0 Å². The molecule has 0 unspecified atom stereocenters. The third-order valence-electron chi connectivity index (χ3n) is 2.67. The van der Waals surface area contributed by atoms with Crippen LogP contribution in [0.3, 0.4) is 0 Å². The molecule has 0 saturated heterocycles. The molecule has 0 bridgehead atoms. The van der Waals surface area contributed by atoms with Crippen molar-refractivity contribution in [2.24, 2.45) is 0 Å². The number of nitrogens with zero attached hydrogens (tertiary/aromatic N) is 1. The molecule has 0 aliphatic carbocycles. The van der Waals surface area contributed by atoms with Crippen LogP contribution in [0.4, 0.5) is 5.69 Å². The summed E-state index contributed by atoms with van der Waals surface area (Å²) in [6, 6.07) is 12.1. The summed E-state index contributed by atoms with van der Waals surface area (Å²) >= 11 is 3.26. The first-order valence-corrected chi connectivity index (χ1v) is 8.05. The molecule has 20 heavy (non-hydrogen) atoms. The van der Waals surface area contributed by atoms with Crippen molar-refractivity contribution in [2.45, 2.75) is 10.6 Å². The summed E-state index contributed by atoms with van der Waals surface area (Å²) in [5.41, 5.74) is 0.177. The van der Waals surface area contributed by atoms with Gasteiger partial charge >= 0.3 is 0 Å². The van der Waals surface area contributed by atoms with Crippen LogP contribution in [0.25, 0.3) is 0 Å². The molecule has 2 aromatic rings. The molecule has 0 saturated carbocycles. The van der Waals surface area contributed by atoms with Gasteiger partial charge in [0.1, 0.15) is 4.90 Å². The van der Waals surface area contributed by atoms with E-state index in [1.54, 1.807) is 24.3 Å². The number of hydrogen-bond donors (Lipinski definition) is 0. The molecule has 0 heterocycles. The quantitative estimate of drug-likeness (QED) is 0.622. The van der Waals surface area contributed by atoms with Crippen molar-refractivity contribution < 1.29 is 13.3 Å². The Morgan fingerprint density at radius 1 is 1.05 bits per heavy atom. The number of hydrogen-bond acceptors (Lipinski definition) is 4. The van der Waals surface area contributed by atoms with Crippen LogP contribution in [0.1, 0.15) is 5.56 Å². The Balaban J connectivity index is 2.41. The molecule has 0 radical (unpaired) electrons. The number of nitro groups is 1. The summed E-state index contributed by atoms with van der Waals surface area (Å²) < 4.78 is 25.4. The summed E-state index contributed by atoms with van der Waals surface area (Å²) in [6.07, 6.45) is 0. The van der Waals surface area contributed by atoms with Gasteiger partial charge in [0.05, 0.1) is 10.7 Å². The third-order valence-corrected chi connectivity index (χ3v) is 4.92. The molecule has 0 aromatic heterocycles. The van der Waals surface area contributed by atoms with Crippen LogP contribution in [0.5, 0.6) is 0 Å². The zero-order chi connectivity index (χ0) is 14.8. The Bertz CT molecular complexity index is 741. The number of benzene rings is 2. The van der Waals surface area contributed by atoms with E-state index in [2.05, 4.69) is 15.9 Å². The molecule has 0 amide bonds. The Morgan fingerprint density at radius 2 is 1.65 bits per heavy atom. The number of nitro benzene ring substituents is 1. The molecule has 0 N–H and O–H groups in total. The highest BCUT2D eigenvalue weighted by atomic mass is 79.9. The van der Waals surface area contributed by atoms with E-state index in [9.17, 15) is 18.5 Å². The van der Waals surface area contributed by atoms with Gasteiger partial charge in [-0.1, -0.05) is 40.2 Å². The zero-order valence-corrected chi connectivity index (χ0v) is 12.6. The van der Waals surface area contributed by atoms with Gasteiger partial charge in [0.25, 0.3) is 5.69 Å². The fourth-order valence-corrected chi connectivity index (χ4v) is 3.55. The minimum absolute atomic E-state index is 0.257. The average Bonchev–Trinajstić information content (AvgIpc) is 2.41. The molecule has 0 spiro atoms. The Kier molecular flexibility index (Phi) is 4.20. The van der Waals surface area contributed by atoms with E-state index in [0.717, 1.165) is 4.47 Å². The lowest BCUT2D eigenvalue weighted by atomic mass is 10.2. The van der Waals surface area contributed by atoms with Gasteiger partial charge in [-0.25, -0.2) is 8.42 Å². The SMILES string of the molecule is O=[N+]([O-])c1ccccc1S(=O)(=O)Cc1ccc(Br)cc1. The van der Waals surface area contributed by atoms with Gasteiger partial charge in [0.15, 0.2) is 9.84 Å². The Morgan fingerprint density at radius 3 is 2.25 bits per heavy atom. The summed E-state index contributed by atoms with van der Waals surface area (Å²) in [6.45, 7) is 0. The van der Waals surface area contributed by atoms with E-state index in [0.29, 0.717) is 5.56 Å². The molecule has 0 atom stereocenters. The number of sulfone groups is 1. The van der Waals surface area contributed by atoms with Crippen LogP contribution < -0.4 is 0 Å². The van der Waals surface area contributed by atoms with Crippen molar-refractivity contribution in [3.8, 4) is 0 Å². The summed E-state index contributed by atoms with van der Waals surface area (Å²) in [5.74, 6) is -0.273. The lowest BCUT2D eigenvalue weighted by Gasteiger charge is -2.05.